The Kier molecular flexibility index (Phi) is 0.925. The van der Waals surface area contributed by atoms with E-state index >= 15 is 0 Å². The van der Waals surface area contributed by atoms with Crippen molar-refractivity contribution >= 4 is 18.7 Å². The molecule has 1 saturated heterocycles. The maximum atomic E-state index is 9.62. The Morgan fingerprint density at radius 2 is 2.17 bits per heavy atom. The molecule has 6 heteroatoms. The third-order valence-electron chi connectivity index (χ3n) is 0.322. The van der Waals surface area contributed by atoms with Gasteiger partial charge in [0.2, 0.25) is 0 Å². The van der Waals surface area contributed by atoms with Gasteiger partial charge in [-0.15, -0.1) is 0 Å². The molecule has 1 fully saturated rings. The number of hydrogen-bond donors (Lipinski definition) is 1. The minimum Gasteiger partial charge on any atom is -0.400 e. The van der Waals surface area contributed by atoms with Crippen LogP contribution in [0.3, 0.4) is 0 Å². The molecule has 0 unspecified atom stereocenters. The average Bonchev–Trinajstić information content (AvgIpc) is 1.33. The monoisotopic (exact) mass is 108 g/mol. The lowest BCUT2D eigenvalue weighted by Crippen LogP contribution is -2.36. The summed E-state index contributed by atoms with van der Waals surface area (Å²) in [6.07, 6.45) is 0. The maximum Gasteiger partial charge on any atom is 0.666 e. The van der Waals surface area contributed by atoms with E-state index in [0.29, 0.717) is 0 Å². The second-order valence-electron chi connectivity index (χ2n) is 0.704. The van der Waals surface area contributed by atoms with Crippen molar-refractivity contribution < 1.29 is 17.4 Å². The first kappa shape index (κ1) is 4.26. The predicted molar refractivity (Wildman–Crippen MR) is 18.3 cm³/mol. The third kappa shape index (κ3) is 0.599. The van der Waals surface area contributed by atoms with Crippen LogP contribution in [0.15, 0.2) is 0 Å². The fourth-order valence-corrected chi connectivity index (χ4v) is 0.425. The quantitative estimate of drug-likeness (QED) is 0.387. The molecule has 0 bridgehead atoms. The zero-order chi connectivity index (χ0) is 4.57. The van der Waals surface area contributed by atoms with Crippen LogP contribution < -0.4 is 0 Å². The zero-order valence-electron chi connectivity index (χ0n) is 2.66. The van der Waals surface area contributed by atoms with Crippen LogP contribution in [0.5, 0.6) is 0 Å². The van der Waals surface area contributed by atoms with Gasteiger partial charge in [-0.05, 0) is 0 Å². The number of rotatable bonds is 0. The van der Waals surface area contributed by atoms with Crippen LogP contribution in [0.25, 0.3) is 0 Å². The van der Waals surface area contributed by atoms with Gasteiger partial charge in [-0.1, -0.05) is 0 Å². The van der Waals surface area contributed by atoms with Gasteiger partial charge in [-0.2, -0.15) is 4.21 Å². The van der Waals surface area contributed by atoms with E-state index < -0.39 is 18.7 Å². The Morgan fingerprint density at radius 3 is 2.17 bits per heavy atom. The molecule has 0 atom stereocenters. The van der Waals surface area contributed by atoms with Crippen molar-refractivity contribution in [1.29, 1.82) is 0 Å². The van der Waals surface area contributed by atoms with Crippen molar-refractivity contribution in [2.24, 2.45) is 0 Å². The second kappa shape index (κ2) is 1.30. The van der Waals surface area contributed by atoms with Crippen LogP contribution in [0.4, 0.5) is 0 Å². The molecule has 1 aliphatic heterocycles. The topological polar surface area (TPSA) is 55.8 Å². The molecule has 4 nitrogen and oxygen atoms in total. The lowest BCUT2D eigenvalue weighted by Gasteiger charge is -2.11. The molecule has 0 radical (unpaired) electrons. The molecule has 1 heterocycles. The molecule has 34 valence electrons. The van der Waals surface area contributed by atoms with Crippen LogP contribution in [0.2, 0.25) is 0 Å². The fourth-order valence-electron chi connectivity index (χ4n) is 0.142. The molecular weight excluding hydrogens is 107 g/mol. The normalized spacial score (nSPS) is 23.8. The van der Waals surface area contributed by atoms with Gasteiger partial charge in [-0.3, -0.25) is 8.20 Å². The molecule has 0 spiro atoms. The smallest absolute Gasteiger partial charge is 0.400 e. The summed E-state index contributed by atoms with van der Waals surface area (Å²) in [4.78, 5) is 0. The van der Waals surface area contributed by atoms with E-state index in [0.717, 1.165) is 0 Å². The molecule has 0 aromatic rings. The van der Waals surface area contributed by atoms with Gasteiger partial charge in [0.15, 0.2) is 0 Å². The highest BCUT2D eigenvalue weighted by molar-refractivity contribution is 7.79. The van der Waals surface area contributed by atoms with Gasteiger partial charge < -0.3 is 5.02 Å². The molecule has 1 rings (SSSR count). The van der Waals surface area contributed by atoms with E-state index in [2.05, 4.69) is 8.20 Å². The van der Waals surface area contributed by atoms with E-state index in [-0.39, 0.29) is 0 Å². The molecule has 0 aromatic carbocycles. The molecule has 0 aromatic heterocycles. The summed E-state index contributed by atoms with van der Waals surface area (Å²) >= 11 is -1.67. The number of hydrogen-bond acceptors (Lipinski definition) is 4. The first-order valence-electron chi connectivity index (χ1n) is 1.23. The van der Waals surface area contributed by atoms with E-state index in [9.17, 15) is 4.21 Å². The summed E-state index contributed by atoms with van der Waals surface area (Å²) in [6.45, 7) is 0. The van der Waals surface area contributed by atoms with Crippen molar-refractivity contribution in [3.63, 3.8) is 0 Å². The third-order valence-corrected chi connectivity index (χ3v) is 0.965. The molecule has 1 aliphatic rings. The second-order valence-corrected chi connectivity index (χ2v) is 1.50. The van der Waals surface area contributed by atoms with Gasteiger partial charge in [0, 0.05) is 0 Å². The Labute approximate surface area is 37.1 Å². The van der Waals surface area contributed by atoms with Crippen LogP contribution in [0, 0.1) is 0 Å². The minimum absolute atomic E-state index is 1.26. The highest BCUT2D eigenvalue weighted by Gasteiger charge is 2.34. The molecule has 0 aliphatic carbocycles. The van der Waals surface area contributed by atoms with E-state index in [1.54, 1.807) is 0 Å². The average molecular weight is 108 g/mol. The SMILES string of the molecule is O=S1OB(O)O1. The standard InChI is InChI=1S/BHO4S/c2-1-4-6(3)5-1/h2H. The molecule has 1 N–H and O–H groups in total. The lowest BCUT2D eigenvalue weighted by molar-refractivity contribution is 0.240. The van der Waals surface area contributed by atoms with E-state index in [4.69, 9.17) is 5.02 Å². The summed E-state index contributed by atoms with van der Waals surface area (Å²) in [5, 5.41) is 7.98. The minimum atomic E-state index is -1.67. The molecule has 6 heavy (non-hydrogen) atoms. The largest absolute Gasteiger partial charge is 0.666 e. The Balaban J connectivity index is 2.28. The Bertz CT molecular complexity index is 71.6. The predicted octanol–water partition coefficient (Wildman–Crippen LogP) is -1.41. The van der Waals surface area contributed by atoms with Crippen LogP contribution in [-0.2, 0) is 19.6 Å². The Hall–Kier alpha value is 0.0949. The van der Waals surface area contributed by atoms with Crippen molar-refractivity contribution in [2.75, 3.05) is 0 Å². The Morgan fingerprint density at radius 1 is 1.67 bits per heavy atom. The van der Waals surface area contributed by atoms with E-state index in [1.807, 2.05) is 0 Å². The summed E-state index contributed by atoms with van der Waals surface area (Å²) in [6, 6.07) is 0. The summed E-state index contributed by atoms with van der Waals surface area (Å²) < 4.78 is 17.5. The lowest BCUT2D eigenvalue weighted by atomic mass is 10.3. The van der Waals surface area contributed by atoms with Crippen molar-refractivity contribution in [3.8, 4) is 0 Å². The maximum absolute atomic E-state index is 9.62. The first-order valence-corrected chi connectivity index (χ1v) is 2.23. The zero-order valence-corrected chi connectivity index (χ0v) is 3.47. The van der Waals surface area contributed by atoms with Gasteiger partial charge in [0.1, 0.15) is 0 Å². The first-order chi connectivity index (χ1) is 2.79. The van der Waals surface area contributed by atoms with Crippen molar-refractivity contribution in [2.45, 2.75) is 0 Å². The fraction of sp³-hybridized carbons (Fsp3) is 0. The van der Waals surface area contributed by atoms with Gasteiger partial charge in [0.25, 0.3) is 11.4 Å². The molecular formula is HBO4S. The van der Waals surface area contributed by atoms with Crippen LogP contribution in [0.1, 0.15) is 0 Å². The highest BCUT2D eigenvalue weighted by Crippen LogP contribution is 2.04. The summed E-state index contributed by atoms with van der Waals surface area (Å²) in [5.41, 5.74) is 0. The summed E-state index contributed by atoms with van der Waals surface area (Å²) in [5.74, 6) is 0. The van der Waals surface area contributed by atoms with Crippen molar-refractivity contribution in [1.82, 2.24) is 0 Å². The van der Waals surface area contributed by atoms with Gasteiger partial charge >= 0.3 is 7.32 Å². The van der Waals surface area contributed by atoms with Gasteiger partial charge in [-0.25, -0.2) is 0 Å². The molecule has 0 saturated carbocycles. The highest BCUT2D eigenvalue weighted by atomic mass is 32.2. The van der Waals surface area contributed by atoms with Crippen LogP contribution >= 0.6 is 0 Å². The summed E-state index contributed by atoms with van der Waals surface area (Å²) in [7, 11) is -1.26. The van der Waals surface area contributed by atoms with Gasteiger partial charge in [0.05, 0.1) is 0 Å². The van der Waals surface area contributed by atoms with Crippen molar-refractivity contribution in [3.05, 3.63) is 0 Å². The van der Waals surface area contributed by atoms with E-state index in [1.165, 1.54) is 0 Å². The molecule has 0 amide bonds. The van der Waals surface area contributed by atoms with Crippen LogP contribution in [-0.4, -0.2) is 16.6 Å².